The van der Waals surface area contributed by atoms with Crippen LogP contribution in [0.1, 0.15) is 44.1 Å². The van der Waals surface area contributed by atoms with Gasteiger partial charge in [-0.1, -0.05) is 23.7 Å². The van der Waals surface area contributed by atoms with Gasteiger partial charge in [0, 0.05) is 10.7 Å². The number of carbonyl (C=O) groups is 1. The van der Waals surface area contributed by atoms with Crippen LogP contribution in [0.2, 0.25) is 5.02 Å². The summed E-state index contributed by atoms with van der Waals surface area (Å²) in [6, 6.07) is 15.1. The third-order valence-electron chi connectivity index (χ3n) is 7.12. The van der Waals surface area contributed by atoms with Crippen LogP contribution in [0.15, 0.2) is 48.5 Å². The molecule has 3 nitrogen and oxygen atoms in total. The lowest BCUT2D eigenvalue weighted by atomic mass is 9.42. The van der Waals surface area contributed by atoms with E-state index in [2.05, 4.69) is 17.4 Å². The zero-order chi connectivity index (χ0) is 18.6. The fraction of sp³-hybridized carbons (Fsp3) is 0.435. The van der Waals surface area contributed by atoms with Crippen molar-refractivity contribution >= 4 is 23.2 Å². The van der Waals surface area contributed by atoms with E-state index in [0.29, 0.717) is 11.8 Å². The number of hydrogen-bond donors (Lipinski definition) is 2. The molecule has 27 heavy (non-hydrogen) atoms. The Balaban J connectivity index is 1.46. The number of phenolic OH excluding ortho intramolecular Hbond substituents is 1. The van der Waals surface area contributed by atoms with Crippen LogP contribution in [-0.4, -0.2) is 11.0 Å². The summed E-state index contributed by atoms with van der Waals surface area (Å²) >= 11 is 6.12. The number of rotatable bonds is 3. The van der Waals surface area contributed by atoms with E-state index in [1.165, 1.54) is 24.8 Å². The number of phenols is 1. The van der Waals surface area contributed by atoms with Gasteiger partial charge in [-0.05, 0) is 97.7 Å². The van der Waals surface area contributed by atoms with Crippen LogP contribution in [0.4, 0.5) is 5.69 Å². The van der Waals surface area contributed by atoms with E-state index in [-0.39, 0.29) is 22.5 Å². The van der Waals surface area contributed by atoms with Crippen LogP contribution in [0, 0.1) is 17.3 Å². The first-order valence-corrected chi connectivity index (χ1v) is 10.2. The summed E-state index contributed by atoms with van der Waals surface area (Å²) < 4.78 is 0. The average Bonchev–Trinajstić information content (AvgIpc) is 2.63. The fourth-order valence-corrected chi connectivity index (χ4v) is 6.60. The Kier molecular flexibility index (Phi) is 3.80. The SMILES string of the molecule is O=C(Nc1ccc(O)cc1)C12CC3CC(C1)CC(c1ccc(Cl)cc1)(C3)C2. The quantitative estimate of drug-likeness (QED) is 0.687. The third kappa shape index (κ3) is 2.84. The molecular weight excluding hydrogens is 358 g/mol. The molecule has 4 aliphatic rings. The Hall–Kier alpha value is -2.00. The number of nitrogens with one attached hydrogen (secondary N) is 1. The standard InChI is InChI=1S/C23H24ClNO2/c24-18-3-1-17(2-4-18)22-10-15-9-16(11-22)13-23(12-15,14-22)21(27)25-19-5-7-20(26)8-6-19/h1-8,15-16,26H,9-14H2,(H,25,27). The number of anilines is 1. The lowest BCUT2D eigenvalue weighted by molar-refractivity contribution is -0.143. The van der Waals surface area contributed by atoms with Crippen LogP contribution in [-0.2, 0) is 10.2 Å². The molecule has 0 aromatic heterocycles. The first kappa shape index (κ1) is 17.1. The second kappa shape index (κ2) is 6.00. The second-order valence-electron chi connectivity index (χ2n) is 9.03. The van der Waals surface area contributed by atoms with Crippen LogP contribution in [0.5, 0.6) is 5.75 Å². The smallest absolute Gasteiger partial charge is 0.230 e. The van der Waals surface area contributed by atoms with Gasteiger partial charge < -0.3 is 10.4 Å². The van der Waals surface area contributed by atoms with Gasteiger partial charge in [-0.15, -0.1) is 0 Å². The highest BCUT2D eigenvalue weighted by Gasteiger charge is 2.60. The Bertz CT molecular complexity index is 860. The lowest BCUT2D eigenvalue weighted by Gasteiger charge is -2.61. The van der Waals surface area contributed by atoms with Gasteiger partial charge in [0.05, 0.1) is 5.41 Å². The van der Waals surface area contributed by atoms with Gasteiger partial charge in [0.1, 0.15) is 5.75 Å². The van der Waals surface area contributed by atoms with Crippen molar-refractivity contribution in [3.8, 4) is 5.75 Å². The van der Waals surface area contributed by atoms with Crippen molar-refractivity contribution < 1.29 is 9.90 Å². The number of carbonyl (C=O) groups excluding carboxylic acids is 1. The van der Waals surface area contributed by atoms with E-state index in [9.17, 15) is 9.90 Å². The average molecular weight is 382 g/mol. The molecule has 1 amide bonds. The summed E-state index contributed by atoms with van der Waals surface area (Å²) in [5.41, 5.74) is 1.94. The molecule has 0 aliphatic heterocycles. The predicted octanol–water partition coefficient (Wildman–Crippen LogP) is 5.52. The van der Waals surface area contributed by atoms with Gasteiger partial charge in [-0.3, -0.25) is 4.79 Å². The predicted molar refractivity (Wildman–Crippen MR) is 107 cm³/mol. The number of halogens is 1. The molecule has 2 aromatic carbocycles. The molecule has 0 saturated heterocycles. The number of benzene rings is 2. The molecule has 2 aromatic rings. The van der Waals surface area contributed by atoms with Crippen LogP contribution >= 0.6 is 11.6 Å². The number of amides is 1. The van der Waals surface area contributed by atoms with Crippen molar-refractivity contribution in [3.05, 3.63) is 59.1 Å². The van der Waals surface area contributed by atoms with Crippen molar-refractivity contribution in [3.63, 3.8) is 0 Å². The number of hydrogen-bond acceptors (Lipinski definition) is 2. The van der Waals surface area contributed by atoms with Crippen molar-refractivity contribution in [2.24, 2.45) is 17.3 Å². The molecule has 4 saturated carbocycles. The van der Waals surface area contributed by atoms with Crippen LogP contribution < -0.4 is 5.32 Å². The summed E-state index contributed by atoms with van der Waals surface area (Å²) in [7, 11) is 0. The monoisotopic (exact) mass is 381 g/mol. The minimum absolute atomic E-state index is 0.112. The lowest BCUT2D eigenvalue weighted by Crippen LogP contribution is -2.57. The highest BCUT2D eigenvalue weighted by atomic mass is 35.5. The molecular formula is C23H24ClNO2. The van der Waals surface area contributed by atoms with Gasteiger partial charge in [0.25, 0.3) is 0 Å². The molecule has 0 spiro atoms. The van der Waals surface area contributed by atoms with Crippen molar-refractivity contribution in [1.29, 1.82) is 0 Å². The maximum absolute atomic E-state index is 13.4. The van der Waals surface area contributed by atoms with Crippen molar-refractivity contribution in [1.82, 2.24) is 0 Å². The van der Waals surface area contributed by atoms with Crippen LogP contribution in [0.25, 0.3) is 0 Å². The minimum Gasteiger partial charge on any atom is -0.508 e. The summed E-state index contributed by atoms with van der Waals surface area (Å²) in [6.07, 6.45) is 6.59. The number of aromatic hydroxyl groups is 1. The normalized spacial score (nSPS) is 33.8. The summed E-state index contributed by atoms with van der Waals surface area (Å²) in [5.74, 6) is 1.63. The van der Waals surface area contributed by atoms with E-state index < -0.39 is 0 Å². The first-order valence-electron chi connectivity index (χ1n) is 9.83. The molecule has 2 N–H and O–H groups in total. The zero-order valence-electron chi connectivity index (χ0n) is 15.2. The highest BCUT2D eigenvalue weighted by molar-refractivity contribution is 6.30. The fourth-order valence-electron chi connectivity index (χ4n) is 6.48. The minimum atomic E-state index is -0.276. The Morgan fingerprint density at radius 2 is 1.59 bits per heavy atom. The van der Waals surface area contributed by atoms with Crippen molar-refractivity contribution in [2.45, 2.75) is 43.9 Å². The highest BCUT2D eigenvalue weighted by Crippen LogP contribution is 2.66. The summed E-state index contributed by atoms with van der Waals surface area (Å²) in [5, 5.41) is 13.4. The molecule has 140 valence electrons. The van der Waals surface area contributed by atoms with Gasteiger partial charge in [-0.2, -0.15) is 0 Å². The van der Waals surface area contributed by atoms with Gasteiger partial charge >= 0.3 is 0 Å². The van der Waals surface area contributed by atoms with E-state index in [1.54, 1.807) is 24.3 Å². The third-order valence-corrected chi connectivity index (χ3v) is 7.38. The Morgan fingerprint density at radius 1 is 0.963 bits per heavy atom. The largest absolute Gasteiger partial charge is 0.508 e. The molecule has 4 heteroatoms. The van der Waals surface area contributed by atoms with Gasteiger partial charge in [0.2, 0.25) is 5.91 Å². The molecule has 0 heterocycles. The van der Waals surface area contributed by atoms with E-state index >= 15 is 0 Å². The Morgan fingerprint density at radius 3 is 2.22 bits per heavy atom. The topological polar surface area (TPSA) is 49.3 Å². The molecule has 4 aliphatic carbocycles. The first-order chi connectivity index (χ1) is 13.0. The second-order valence-corrected chi connectivity index (χ2v) is 9.47. The molecule has 0 radical (unpaired) electrons. The van der Waals surface area contributed by atoms with Gasteiger partial charge in [-0.25, -0.2) is 0 Å². The summed E-state index contributed by atoms with van der Waals surface area (Å²) in [6.45, 7) is 0. The zero-order valence-corrected chi connectivity index (χ0v) is 16.0. The van der Waals surface area contributed by atoms with Gasteiger partial charge in [0.15, 0.2) is 0 Å². The molecule has 6 rings (SSSR count). The molecule has 2 atom stereocenters. The van der Waals surface area contributed by atoms with Crippen LogP contribution in [0.3, 0.4) is 0 Å². The molecule has 4 fully saturated rings. The van der Waals surface area contributed by atoms with E-state index in [4.69, 9.17) is 11.6 Å². The van der Waals surface area contributed by atoms with E-state index in [1.807, 2.05) is 12.1 Å². The van der Waals surface area contributed by atoms with E-state index in [0.717, 1.165) is 30.0 Å². The molecule has 2 unspecified atom stereocenters. The summed E-state index contributed by atoms with van der Waals surface area (Å²) in [4.78, 5) is 13.4. The van der Waals surface area contributed by atoms with Crippen molar-refractivity contribution in [2.75, 3.05) is 5.32 Å². The maximum atomic E-state index is 13.4. The Labute approximate surface area is 164 Å². The molecule has 4 bridgehead atoms. The maximum Gasteiger partial charge on any atom is 0.230 e.